The zero-order valence-electron chi connectivity index (χ0n) is 12.0. The Morgan fingerprint density at radius 1 is 1.00 bits per heavy atom. The summed E-state index contributed by atoms with van der Waals surface area (Å²) in [5.74, 6) is 0. The summed E-state index contributed by atoms with van der Waals surface area (Å²) in [5.41, 5.74) is 5.95. The summed E-state index contributed by atoms with van der Waals surface area (Å²) < 4.78 is 77.3. The average molecular weight is 325 g/mol. The molecule has 2 N–H and O–H groups in total. The molecule has 0 fully saturated rings. The Labute approximate surface area is 115 Å². The van der Waals surface area contributed by atoms with Crippen molar-refractivity contribution in [1.29, 1.82) is 0 Å². The van der Waals surface area contributed by atoms with E-state index in [0.29, 0.717) is 6.04 Å². The van der Waals surface area contributed by atoms with Gasteiger partial charge in [-0.1, -0.05) is 33.0 Å². The summed E-state index contributed by atoms with van der Waals surface area (Å²) in [6.45, 7) is 6.93. The Balaban J connectivity index is 4.43. The summed E-state index contributed by atoms with van der Waals surface area (Å²) in [6, 6.07) is 0.499. The minimum atomic E-state index is -5.45. The van der Waals surface area contributed by atoms with Crippen LogP contribution in [0.1, 0.15) is 20.3 Å². The molecule has 0 aromatic heterocycles. The van der Waals surface area contributed by atoms with Crippen LogP contribution in [0.3, 0.4) is 0 Å². The fraction of sp³-hybridized carbons (Fsp3) is 1.00. The number of alkyl halides is 6. The lowest BCUT2D eigenvalue weighted by molar-refractivity contribution is -0.321. The van der Waals surface area contributed by atoms with E-state index in [0.717, 1.165) is 0 Å². The highest BCUT2D eigenvalue weighted by atomic mass is 28.3. The molecular weight excluding hydrogens is 304 g/mol. The van der Waals surface area contributed by atoms with Crippen molar-refractivity contribution in [2.75, 3.05) is 6.61 Å². The van der Waals surface area contributed by atoms with Crippen LogP contribution in [0, 0.1) is 0 Å². The number of rotatable bonds is 6. The van der Waals surface area contributed by atoms with Gasteiger partial charge >= 0.3 is 12.4 Å². The fourth-order valence-electron chi connectivity index (χ4n) is 1.41. The first-order valence-electron chi connectivity index (χ1n) is 6.13. The van der Waals surface area contributed by atoms with Crippen molar-refractivity contribution < 1.29 is 31.1 Å². The molecule has 0 aliphatic rings. The molecule has 20 heavy (non-hydrogen) atoms. The molecule has 0 bridgehead atoms. The molecule has 0 spiro atoms. The lowest BCUT2D eigenvalue weighted by atomic mass is 10.3. The molecule has 0 saturated carbocycles. The van der Waals surface area contributed by atoms with Gasteiger partial charge in [-0.2, -0.15) is 26.3 Å². The summed E-state index contributed by atoms with van der Waals surface area (Å²) in [7, 11) is -1.93. The maximum atomic E-state index is 12.2. The molecule has 0 heterocycles. The summed E-state index contributed by atoms with van der Waals surface area (Å²) in [5, 5.41) is -0.458. The Hall–Kier alpha value is -0.283. The van der Waals surface area contributed by atoms with Gasteiger partial charge in [0, 0.05) is 11.8 Å². The van der Waals surface area contributed by atoms with E-state index in [9.17, 15) is 26.3 Å². The second-order valence-electron chi connectivity index (χ2n) is 6.04. The van der Waals surface area contributed by atoms with Crippen LogP contribution in [-0.4, -0.2) is 38.3 Å². The van der Waals surface area contributed by atoms with Crippen molar-refractivity contribution in [1.82, 2.24) is 0 Å². The third-order valence-corrected chi connectivity index (χ3v) is 8.66. The zero-order chi connectivity index (χ0) is 16.4. The monoisotopic (exact) mass is 325 g/mol. The van der Waals surface area contributed by atoms with Crippen molar-refractivity contribution in [3.05, 3.63) is 0 Å². The van der Waals surface area contributed by atoms with Crippen molar-refractivity contribution in [2.45, 2.75) is 63.0 Å². The van der Waals surface area contributed by atoms with Crippen LogP contribution in [-0.2, 0) is 4.74 Å². The van der Waals surface area contributed by atoms with Gasteiger partial charge < -0.3 is 10.5 Å². The standard InChI is InChI=1S/C11H21F6NOSi/c1-9(2,18)20(3,4)7-5-6-19-8(10(12,13)14)11(15,16)17/h8H,5-7,18H2,1-4H3. The first-order valence-corrected chi connectivity index (χ1v) is 9.33. The van der Waals surface area contributed by atoms with Gasteiger partial charge in [-0.05, 0) is 6.42 Å². The molecule has 0 aliphatic heterocycles. The minimum absolute atomic E-state index is 0.127. The Morgan fingerprint density at radius 2 is 1.40 bits per heavy atom. The summed E-state index contributed by atoms with van der Waals surface area (Å²) >= 11 is 0. The first kappa shape index (κ1) is 19.7. The highest BCUT2D eigenvalue weighted by Crippen LogP contribution is 2.36. The van der Waals surface area contributed by atoms with Crippen molar-refractivity contribution in [3.8, 4) is 0 Å². The normalized spacial score (nSPS) is 15.0. The Bertz CT molecular complexity index is 294. The molecular formula is C11H21F6NOSi. The van der Waals surface area contributed by atoms with E-state index in [1.807, 2.05) is 26.9 Å². The maximum absolute atomic E-state index is 12.2. The van der Waals surface area contributed by atoms with Crippen LogP contribution in [0.5, 0.6) is 0 Å². The van der Waals surface area contributed by atoms with Crippen LogP contribution >= 0.6 is 0 Å². The fourth-order valence-corrected chi connectivity index (χ4v) is 3.08. The second-order valence-corrected chi connectivity index (χ2v) is 11.6. The molecule has 0 aromatic carbocycles. The van der Waals surface area contributed by atoms with Gasteiger partial charge in [-0.15, -0.1) is 0 Å². The summed E-state index contributed by atoms with van der Waals surface area (Å²) in [4.78, 5) is 0. The SMILES string of the molecule is CC(C)(N)[Si](C)(C)CCCOC(C(F)(F)F)C(F)(F)F. The molecule has 0 atom stereocenters. The molecule has 0 unspecified atom stereocenters. The van der Waals surface area contributed by atoms with Crippen LogP contribution in [0.25, 0.3) is 0 Å². The molecule has 2 nitrogen and oxygen atoms in total. The highest BCUT2D eigenvalue weighted by Gasteiger charge is 2.57. The van der Waals surface area contributed by atoms with Gasteiger partial charge in [0.1, 0.15) is 0 Å². The average Bonchev–Trinajstić information content (AvgIpc) is 2.10. The van der Waals surface area contributed by atoms with E-state index in [-0.39, 0.29) is 6.42 Å². The lowest BCUT2D eigenvalue weighted by Crippen LogP contribution is -2.56. The second kappa shape index (κ2) is 6.23. The maximum Gasteiger partial charge on any atom is 0.423 e. The number of ether oxygens (including phenoxy) is 1. The van der Waals surface area contributed by atoms with Gasteiger partial charge in [0.15, 0.2) is 0 Å². The van der Waals surface area contributed by atoms with E-state index < -0.39 is 38.3 Å². The quantitative estimate of drug-likeness (QED) is 0.457. The van der Waals surface area contributed by atoms with E-state index in [4.69, 9.17) is 5.73 Å². The third kappa shape index (κ3) is 6.00. The van der Waals surface area contributed by atoms with Gasteiger partial charge in [0.05, 0.1) is 8.07 Å². The molecule has 0 rings (SSSR count). The number of hydrogen-bond donors (Lipinski definition) is 1. The molecule has 122 valence electrons. The topological polar surface area (TPSA) is 35.2 Å². The van der Waals surface area contributed by atoms with Gasteiger partial charge in [0.25, 0.3) is 0 Å². The molecule has 0 saturated heterocycles. The molecule has 0 aliphatic carbocycles. The predicted molar refractivity (Wildman–Crippen MR) is 67.0 cm³/mol. The lowest BCUT2D eigenvalue weighted by Gasteiger charge is -2.37. The Kier molecular flexibility index (Phi) is 6.14. The van der Waals surface area contributed by atoms with Crippen molar-refractivity contribution in [3.63, 3.8) is 0 Å². The van der Waals surface area contributed by atoms with Gasteiger partial charge in [-0.25, -0.2) is 0 Å². The van der Waals surface area contributed by atoms with Gasteiger partial charge in [-0.3, -0.25) is 0 Å². The highest BCUT2D eigenvalue weighted by molar-refractivity contribution is 6.80. The van der Waals surface area contributed by atoms with Crippen LogP contribution in [0.15, 0.2) is 0 Å². The van der Waals surface area contributed by atoms with Crippen molar-refractivity contribution >= 4 is 8.07 Å². The van der Waals surface area contributed by atoms with Crippen LogP contribution < -0.4 is 5.73 Å². The van der Waals surface area contributed by atoms with Gasteiger partial charge in [0.2, 0.25) is 6.10 Å². The molecule has 0 radical (unpaired) electrons. The summed E-state index contributed by atoms with van der Waals surface area (Å²) in [6.07, 6.45) is -14.5. The van der Waals surface area contributed by atoms with Crippen LogP contribution in [0.4, 0.5) is 26.3 Å². The van der Waals surface area contributed by atoms with Crippen LogP contribution in [0.2, 0.25) is 19.1 Å². The Morgan fingerprint density at radius 3 is 1.70 bits per heavy atom. The van der Waals surface area contributed by atoms with Crippen molar-refractivity contribution in [2.24, 2.45) is 5.73 Å². The molecule has 9 heteroatoms. The zero-order valence-corrected chi connectivity index (χ0v) is 13.0. The van der Waals surface area contributed by atoms with E-state index >= 15 is 0 Å². The number of nitrogens with two attached hydrogens (primary N) is 1. The van der Waals surface area contributed by atoms with E-state index in [2.05, 4.69) is 4.74 Å². The van der Waals surface area contributed by atoms with E-state index in [1.54, 1.807) is 0 Å². The first-order chi connectivity index (χ1) is 8.59. The third-order valence-electron chi connectivity index (χ3n) is 3.57. The smallest absolute Gasteiger partial charge is 0.361 e. The van der Waals surface area contributed by atoms with E-state index in [1.165, 1.54) is 0 Å². The molecule has 0 aromatic rings. The largest absolute Gasteiger partial charge is 0.423 e. The number of hydrogen-bond acceptors (Lipinski definition) is 2. The number of halogens is 6. The minimum Gasteiger partial charge on any atom is -0.361 e. The predicted octanol–water partition coefficient (Wildman–Crippen LogP) is 3.87. The molecule has 0 amide bonds.